The first kappa shape index (κ1) is 35.9. The SMILES string of the molecule is CCc1c(C)c2cc3[nH]c(cc4nc(c(C)c5nc(cc1[nH]2)C(C)=C5C(=O)SCCCS[C@H]1C[C@@H](O)C[C@@H](CO)O1)C[C@@H]4C)c(C)c3CC. The third-order valence-electron chi connectivity index (χ3n) is 10.3. The van der Waals surface area contributed by atoms with Gasteiger partial charge in [0, 0.05) is 58.0 Å². The van der Waals surface area contributed by atoms with Crippen molar-refractivity contribution < 1.29 is 19.7 Å². The van der Waals surface area contributed by atoms with E-state index in [0.717, 1.165) is 87.4 Å². The van der Waals surface area contributed by atoms with E-state index in [1.165, 1.54) is 34.0 Å². The third kappa shape index (κ3) is 7.31. The lowest BCUT2D eigenvalue weighted by atomic mass is 9.99. The fraction of sp³-hybridized carbons (Fsp3) is 0.513. The van der Waals surface area contributed by atoms with Crippen molar-refractivity contribution in [1.29, 1.82) is 0 Å². The number of thioether (sulfide) groups is 2. The highest BCUT2D eigenvalue weighted by molar-refractivity contribution is 8.14. The van der Waals surface area contributed by atoms with Crippen LogP contribution in [0.1, 0.15) is 103 Å². The standard InChI is InChI=1S/C39H50N4O4S2/c1-8-27-21(4)31-16-29-20(3)13-30(40-29)24(7)38-37(39(46)49-12-10-11-48-36-15-25(45)14-26(19-44)47-36)23(6)33(43-38)18-35-28(9-2)22(5)32(42-35)17-34(27)41-31/h16-18,20,25-26,36,41-42,44-45H,8-15,19H2,1-7H3/t20-,25-,26-,36-/m0/s1. The second-order valence-electron chi connectivity index (χ2n) is 13.7. The van der Waals surface area contributed by atoms with Crippen molar-refractivity contribution in [3.63, 3.8) is 0 Å². The van der Waals surface area contributed by atoms with E-state index in [9.17, 15) is 15.0 Å². The van der Waals surface area contributed by atoms with Crippen LogP contribution in [0, 0.1) is 20.8 Å². The zero-order chi connectivity index (χ0) is 35.0. The minimum atomic E-state index is -0.449. The largest absolute Gasteiger partial charge is 0.394 e. The summed E-state index contributed by atoms with van der Waals surface area (Å²) in [4.78, 5) is 31.8. The van der Waals surface area contributed by atoms with Crippen LogP contribution in [0.25, 0.3) is 33.2 Å². The molecule has 8 nitrogen and oxygen atoms in total. The first-order valence-corrected chi connectivity index (χ1v) is 19.7. The molecule has 0 saturated carbocycles. The van der Waals surface area contributed by atoms with Crippen molar-refractivity contribution in [3.05, 3.63) is 68.8 Å². The summed E-state index contributed by atoms with van der Waals surface area (Å²) in [5.41, 5.74) is 15.3. The predicted molar refractivity (Wildman–Crippen MR) is 204 cm³/mol. The number of allylic oxidation sites excluding steroid dienone is 1. The van der Waals surface area contributed by atoms with Crippen LogP contribution >= 0.6 is 23.5 Å². The molecule has 0 radical (unpaired) electrons. The number of aliphatic hydroxyl groups is 2. The second-order valence-corrected chi connectivity index (χ2v) is 16.0. The van der Waals surface area contributed by atoms with Crippen molar-refractivity contribution in [2.45, 2.75) is 111 Å². The van der Waals surface area contributed by atoms with Gasteiger partial charge in [0.25, 0.3) is 0 Å². The minimum Gasteiger partial charge on any atom is -0.394 e. The van der Waals surface area contributed by atoms with Crippen LogP contribution in [0.4, 0.5) is 0 Å². The topological polar surface area (TPSA) is 124 Å². The molecule has 0 amide bonds. The Morgan fingerprint density at radius 3 is 2.27 bits per heavy atom. The summed E-state index contributed by atoms with van der Waals surface area (Å²) in [7, 11) is 0. The maximum atomic E-state index is 14.0. The number of ether oxygens (including phenoxy) is 1. The number of aromatic nitrogens is 4. The first-order valence-electron chi connectivity index (χ1n) is 17.7. The van der Waals surface area contributed by atoms with E-state index in [0.29, 0.717) is 24.2 Å². The fourth-order valence-electron chi connectivity index (χ4n) is 7.40. The Morgan fingerprint density at radius 2 is 1.59 bits per heavy atom. The Hall–Kier alpha value is -2.89. The molecule has 0 aliphatic carbocycles. The van der Waals surface area contributed by atoms with Crippen molar-refractivity contribution in [3.8, 4) is 0 Å². The molecule has 0 spiro atoms. The molecule has 4 atom stereocenters. The van der Waals surface area contributed by atoms with Crippen molar-refractivity contribution in [2.24, 2.45) is 0 Å². The molecule has 49 heavy (non-hydrogen) atoms. The third-order valence-corrected chi connectivity index (χ3v) is 12.5. The Morgan fingerprint density at radius 1 is 0.918 bits per heavy atom. The molecule has 1 fully saturated rings. The minimum absolute atomic E-state index is 0.0303. The maximum absolute atomic E-state index is 14.0. The summed E-state index contributed by atoms with van der Waals surface area (Å²) in [6, 6.07) is 6.57. The molecule has 6 rings (SSSR count). The van der Waals surface area contributed by atoms with Gasteiger partial charge in [0.1, 0.15) is 5.44 Å². The molecule has 10 heteroatoms. The van der Waals surface area contributed by atoms with Gasteiger partial charge in [0.2, 0.25) is 5.12 Å². The first-order chi connectivity index (χ1) is 23.5. The van der Waals surface area contributed by atoms with Gasteiger partial charge in [-0.2, -0.15) is 0 Å². The van der Waals surface area contributed by atoms with Gasteiger partial charge in [-0.1, -0.05) is 32.5 Å². The quantitative estimate of drug-likeness (QED) is 0.166. The average molecular weight is 703 g/mol. The Kier molecular flexibility index (Phi) is 11.1. The van der Waals surface area contributed by atoms with Gasteiger partial charge in [-0.3, -0.25) is 9.78 Å². The van der Waals surface area contributed by atoms with Crippen LogP contribution in [-0.2, 0) is 28.8 Å². The molecule has 8 bridgehead atoms. The van der Waals surface area contributed by atoms with E-state index in [4.69, 9.17) is 14.7 Å². The van der Waals surface area contributed by atoms with Crippen LogP contribution in [0.15, 0.2) is 18.2 Å². The number of aromatic amines is 2. The van der Waals surface area contributed by atoms with E-state index < -0.39 is 6.10 Å². The van der Waals surface area contributed by atoms with Crippen LogP contribution in [0.2, 0.25) is 0 Å². The number of nitrogens with zero attached hydrogens (tertiary/aromatic N) is 2. The molecule has 3 aromatic heterocycles. The van der Waals surface area contributed by atoms with Gasteiger partial charge < -0.3 is 24.9 Å². The number of nitrogens with one attached hydrogen (secondary N) is 2. The van der Waals surface area contributed by atoms with Crippen LogP contribution < -0.4 is 0 Å². The van der Waals surface area contributed by atoms with E-state index in [2.05, 4.69) is 69.7 Å². The number of hydrogen-bond donors (Lipinski definition) is 4. The summed E-state index contributed by atoms with van der Waals surface area (Å²) in [5, 5.41) is 19.6. The van der Waals surface area contributed by atoms with Gasteiger partial charge in [-0.05, 0) is 111 Å². The van der Waals surface area contributed by atoms with Crippen LogP contribution in [0.5, 0.6) is 0 Å². The number of fused-ring (bicyclic) bond motifs is 8. The molecule has 0 aromatic carbocycles. The molecule has 4 N–H and O–H groups in total. The predicted octanol–water partition coefficient (Wildman–Crippen LogP) is 7.88. The molecule has 3 aromatic rings. The lowest BCUT2D eigenvalue weighted by molar-refractivity contribution is -0.106. The van der Waals surface area contributed by atoms with Crippen molar-refractivity contribution in [1.82, 2.24) is 19.9 Å². The van der Waals surface area contributed by atoms with Crippen LogP contribution in [-0.4, -0.2) is 71.0 Å². The molecule has 3 aliphatic rings. The number of aryl methyl sites for hydroxylation is 4. The Labute approximate surface area is 298 Å². The highest BCUT2D eigenvalue weighted by Crippen LogP contribution is 2.38. The zero-order valence-electron chi connectivity index (χ0n) is 29.8. The number of aliphatic hydroxyl groups excluding tert-OH is 2. The monoisotopic (exact) mass is 702 g/mol. The van der Waals surface area contributed by atoms with Crippen LogP contribution in [0.3, 0.4) is 0 Å². The highest BCUT2D eigenvalue weighted by Gasteiger charge is 2.30. The molecule has 6 heterocycles. The number of carbonyl (C=O) groups is 1. The van der Waals surface area contributed by atoms with Gasteiger partial charge in [0.05, 0.1) is 35.8 Å². The lowest BCUT2D eigenvalue weighted by Gasteiger charge is -2.31. The molecule has 262 valence electrons. The molecule has 1 saturated heterocycles. The van der Waals surface area contributed by atoms with E-state index >= 15 is 0 Å². The average Bonchev–Trinajstić information content (AvgIpc) is 3.78. The summed E-state index contributed by atoms with van der Waals surface area (Å²) in [5.74, 6) is 1.72. The van der Waals surface area contributed by atoms with Gasteiger partial charge in [-0.15, -0.1) is 11.8 Å². The molecule has 0 unspecified atom stereocenters. The van der Waals surface area contributed by atoms with Gasteiger partial charge >= 0.3 is 0 Å². The van der Waals surface area contributed by atoms with Gasteiger partial charge in [0.15, 0.2) is 0 Å². The lowest BCUT2D eigenvalue weighted by Crippen LogP contribution is -2.36. The van der Waals surface area contributed by atoms with Crippen molar-refractivity contribution in [2.75, 3.05) is 18.1 Å². The smallest absolute Gasteiger partial charge is 0.221 e. The van der Waals surface area contributed by atoms with E-state index in [1.807, 2.05) is 6.92 Å². The second kappa shape index (κ2) is 15.2. The molecule has 3 aliphatic heterocycles. The molecular formula is C39H50N4O4S2. The zero-order valence-corrected chi connectivity index (χ0v) is 31.5. The number of hydrogen-bond acceptors (Lipinski definition) is 8. The van der Waals surface area contributed by atoms with Crippen molar-refractivity contribution >= 4 is 61.9 Å². The van der Waals surface area contributed by atoms with Gasteiger partial charge in [-0.25, -0.2) is 4.98 Å². The Balaban J connectivity index is 1.39. The number of H-pyrrole nitrogens is 2. The highest BCUT2D eigenvalue weighted by atomic mass is 32.2. The summed E-state index contributed by atoms with van der Waals surface area (Å²) in [6.45, 7) is 15.0. The maximum Gasteiger partial charge on any atom is 0.221 e. The van der Waals surface area contributed by atoms with E-state index in [1.54, 1.807) is 11.8 Å². The normalized spacial score (nSPS) is 21.1. The summed E-state index contributed by atoms with van der Waals surface area (Å²) >= 11 is 2.99. The van der Waals surface area contributed by atoms with E-state index in [-0.39, 0.29) is 29.2 Å². The number of rotatable bonds is 9. The summed E-state index contributed by atoms with van der Waals surface area (Å²) < 4.78 is 5.89. The number of carbonyl (C=O) groups excluding carboxylic acids is 1. The Bertz CT molecular complexity index is 1940. The fourth-order valence-corrected chi connectivity index (χ4v) is 9.62. The summed E-state index contributed by atoms with van der Waals surface area (Å²) in [6.07, 6.45) is 3.71. The molecular weight excluding hydrogens is 653 g/mol.